The van der Waals surface area contributed by atoms with Crippen molar-refractivity contribution in [1.29, 1.82) is 5.26 Å². The van der Waals surface area contributed by atoms with Crippen LogP contribution < -0.4 is 10.6 Å². The molecule has 4 fully saturated rings. The quantitative estimate of drug-likeness (QED) is 0.236. The largest absolute Gasteiger partial charge is 0.335 e. The number of hydrogen-bond acceptors (Lipinski definition) is 7. The molecular weight excluding hydrogens is 737 g/mol. The van der Waals surface area contributed by atoms with Gasteiger partial charge in [0, 0.05) is 75.9 Å². The zero-order valence-electron chi connectivity index (χ0n) is 31.7. The van der Waals surface area contributed by atoms with Crippen molar-refractivity contribution in [2.45, 2.75) is 77.0 Å². The summed E-state index contributed by atoms with van der Waals surface area (Å²) in [5.74, 6) is -0.230. The zero-order valence-corrected chi connectivity index (χ0v) is 33.2. The van der Waals surface area contributed by atoms with Crippen LogP contribution >= 0.6 is 23.2 Å². The van der Waals surface area contributed by atoms with E-state index < -0.39 is 6.04 Å². The van der Waals surface area contributed by atoms with E-state index in [0.29, 0.717) is 73.4 Å². The number of rotatable bonds is 11. The first kappa shape index (κ1) is 40.2. The summed E-state index contributed by atoms with van der Waals surface area (Å²) in [4.78, 5) is 61.5. The Morgan fingerprint density at radius 2 is 1.60 bits per heavy atom. The number of nitriles is 1. The van der Waals surface area contributed by atoms with Crippen LogP contribution in [0.15, 0.2) is 60.7 Å². The monoisotopic (exact) mass is 785 g/mol. The van der Waals surface area contributed by atoms with Crippen LogP contribution in [0.3, 0.4) is 0 Å². The Kier molecular flexibility index (Phi) is 13.1. The number of carbonyl (C=O) groups excluding carboxylic acids is 4. The summed E-state index contributed by atoms with van der Waals surface area (Å²) < 4.78 is 0. The lowest BCUT2D eigenvalue weighted by molar-refractivity contribution is -0.141. The number of benzene rings is 3. The number of piperazine rings is 2. The SMILES string of the molecule is CC(=O)Nc1ccc(CC(NCC#N)C(=O)N2CC3CCCC2CN3CCC(=O)N2CCN(C(=O)c3cc(C)cc(C)c3)CC2c2ccc(Cl)c(Cl)c2)cc1. The van der Waals surface area contributed by atoms with E-state index in [4.69, 9.17) is 23.2 Å². The van der Waals surface area contributed by atoms with Gasteiger partial charge >= 0.3 is 0 Å². The Morgan fingerprint density at radius 3 is 2.29 bits per heavy atom. The van der Waals surface area contributed by atoms with Crippen LogP contribution in [-0.2, 0) is 20.8 Å². The van der Waals surface area contributed by atoms with Crippen molar-refractivity contribution < 1.29 is 19.2 Å². The summed E-state index contributed by atoms with van der Waals surface area (Å²) in [6, 6.07) is 19.9. The molecular formula is C42H49Cl2N7O4. The third-order valence-corrected chi connectivity index (χ3v) is 11.7. The number of hydrogen-bond donors (Lipinski definition) is 2. The maximum Gasteiger partial charge on any atom is 0.254 e. The third-order valence-electron chi connectivity index (χ3n) is 11.0. The molecule has 0 saturated carbocycles. The molecule has 11 nitrogen and oxygen atoms in total. The minimum atomic E-state index is -0.570. The zero-order chi connectivity index (χ0) is 39.2. The highest BCUT2D eigenvalue weighted by molar-refractivity contribution is 6.42. The Labute approximate surface area is 333 Å². The second-order valence-electron chi connectivity index (χ2n) is 15.1. The van der Waals surface area contributed by atoms with E-state index in [2.05, 4.69) is 21.6 Å². The molecule has 55 heavy (non-hydrogen) atoms. The highest BCUT2D eigenvalue weighted by Gasteiger charge is 2.41. The first-order valence-corrected chi connectivity index (χ1v) is 19.8. The molecule has 2 N–H and O–H groups in total. The van der Waals surface area contributed by atoms with Gasteiger partial charge < -0.3 is 20.0 Å². The molecule has 4 aliphatic rings. The van der Waals surface area contributed by atoms with Gasteiger partial charge in [0.25, 0.3) is 5.91 Å². The fourth-order valence-corrected chi connectivity index (χ4v) is 8.68. The van der Waals surface area contributed by atoms with Gasteiger partial charge in [0.15, 0.2) is 0 Å². The molecule has 4 atom stereocenters. The maximum absolute atomic E-state index is 14.1. The van der Waals surface area contributed by atoms with Crippen molar-refractivity contribution in [3.8, 4) is 6.07 Å². The minimum Gasteiger partial charge on any atom is -0.335 e. The molecule has 0 aromatic heterocycles. The van der Waals surface area contributed by atoms with Crippen LogP contribution in [0.1, 0.15) is 71.3 Å². The summed E-state index contributed by atoms with van der Waals surface area (Å²) in [6.45, 7) is 8.41. The van der Waals surface area contributed by atoms with Crippen LogP contribution in [-0.4, -0.2) is 107 Å². The number of aryl methyl sites for hydroxylation is 2. The van der Waals surface area contributed by atoms with Gasteiger partial charge in [0.05, 0.1) is 34.7 Å². The number of anilines is 1. The number of amides is 4. The number of carbonyl (C=O) groups is 4. The molecule has 0 spiro atoms. The number of nitrogens with zero attached hydrogens (tertiary/aromatic N) is 5. The van der Waals surface area contributed by atoms with Gasteiger partial charge in [0.1, 0.15) is 0 Å². The molecule has 3 aromatic carbocycles. The van der Waals surface area contributed by atoms with Gasteiger partial charge in [-0.1, -0.05) is 58.6 Å². The van der Waals surface area contributed by atoms with Crippen molar-refractivity contribution in [3.63, 3.8) is 0 Å². The topological polar surface area (TPSA) is 129 Å². The highest BCUT2D eigenvalue weighted by atomic mass is 35.5. The highest BCUT2D eigenvalue weighted by Crippen LogP contribution is 2.33. The summed E-state index contributed by atoms with van der Waals surface area (Å²) >= 11 is 12.7. The molecule has 13 heteroatoms. The predicted octanol–water partition coefficient (Wildman–Crippen LogP) is 5.77. The standard InChI is InChI=1S/C42H49Cl2N7O4/c1-27-19-28(2)21-32(20-27)41(54)49-17-18-50(39(26-49)31-9-12-36(43)37(44)23-31)40(53)13-16-48-24-35-6-4-5-34(48)25-51(35)42(55)38(46-15-14-45)22-30-7-10-33(11-8-30)47-29(3)52/h7-12,19-21,23,34-35,38-39,46H,4-6,13,15-18,22,24-26H2,1-3H3,(H,47,52). The molecule has 290 valence electrons. The summed E-state index contributed by atoms with van der Waals surface area (Å²) in [7, 11) is 0. The molecule has 0 radical (unpaired) electrons. The van der Waals surface area contributed by atoms with Gasteiger partial charge in [-0.3, -0.25) is 29.4 Å². The molecule has 4 heterocycles. The van der Waals surface area contributed by atoms with Crippen LogP contribution in [0.25, 0.3) is 0 Å². The van der Waals surface area contributed by atoms with E-state index in [1.807, 2.05) is 77.1 Å². The van der Waals surface area contributed by atoms with E-state index in [9.17, 15) is 24.4 Å². The van der Waals surface area contributed by atoms with E-state index >= 15 is 0 Å². The molecule has 3 aromatic rings. The lowest BCUT2D eigenvalue weighted by Crippen LogP contribution is -2.61. The normalized spacial score (nSPS) is 20.4. The molecule has 7 rings (SSSR count). The van der Waals surface area contributed by atoms with Crippen LogP contribution in [0.4, 0.5) is 5.69 Å². The van der Waals surface area contributed by atoms with Crippen molar-refractivity contribution in [2.75, 3.05) is 51.1 Å². The second-order valence-corrected chi connectivity index (χ2v) is 15.9. The first-order valence-electron chi connectivity index (χ1n) is 19.0. The predicted molar refractivity (Wildman–Crippen MR) is 214 cm³/mol. The number of halogens is 2. The Balaban J connectivity index is 1.12. The Bertz CT molecular complexity index is 1930. The average Bonchev–Trinajstić information content (AvgIpc) is 3.50. The van der Waals surface area contributed by atoms with E-state index in [1.54, 1.807) is 12.1 Å². The minimum absolute atomic E-state index is 0.00125. The lowest BCUT2D eigenvalue weighted by Gasteiger charge is -2.45. The van der Waals surface area contributed by atoms with Gasteiger partial charge in [-0.15, -0.1) is 0 Å². The van der Waals surface area contributed by atoms with Crippen LogP contribution in [0.2, 0.25) is 10.0 Å². The van der Waals surface area contributed by atoms with Gasteiger partial charge in [-0.05, 0) is 87.1 Å². The fourth-order valence-electron chi connectivity index (χ4n) is 8.38. The van der Waals surface area contributed by atoms with Gasteiger partial charge in [-0.2, -0.15) is 5.26 Å². The molecule has 4 aliphatic heterocycles. The molecule has 4 amide bonds. The van der Waals surface area contributed by atoms with Crippen molar-refractivity contribution in [2.24, 2.45) is 0 Å². The van der Waals surface area contributed by atoms with Crippen molar-refractivity contribution >= 4 is 52.5 Å². The van der Waals surface area contributed by atoms with Gasteiger partial charge in [-0.25, -0.2) is 0 Å². The fraction of sp³-hybridized carbons (Fsp3) is 0.452. The Hall–Kier alpha value is -4.47. The van der Waals surface area contributed by atoms with Gasteiger partial charge in [0.2, 0.25) is 17.7 Å². The second kappa shape index (κ2) is 18.0. The smallest absolute Gasteiger partial charge is 0.254 e. The van der Waals surface area contributed by atoms with Crippen LogP contribution in [0.5, 0.6) is 0 Å². The summed E-state index contributed by atoms with van der Waals surface area (Å²) in [5.41, 5.74) is 5.12. The Morgan fingerprint density at radius 1 is 0.873 bits per heavy atom. The van der Waals surface area contributed by atoms with Crippen molar-refractivity contribution in [1.82, 2.24) is 24.9 Å². The molecule has 2 bridgehead atoms. The van der Waals surface area contributed by atoms with E-state index in [0.717, 1.165) is 41.5 Å². The molecule has 4 saturated heterocycles. The third kappa shape index (κ3) is 9.86. The summed E-state index contributed by atoms with van der Waals surface area (Å²) in [5, 5.41) is 16.1. The maximum atomic E-state index is 14.1. The first-order chi connectivity index (χ1) is 26.4. The van der Waals surface area contributed by atoms with E-state index in [1.165, 1.54) is 6.92 Å². The number of fused-ring (bicyclic) bond motifs is 4. The average molecular weight is 787 g/mol. The number of nitrogens with one attached hydrogen (secondary N) is 2. The van der Waals surface area contributed by atoms with Crippen molar-refractivity contribution in [3.05, 3.63) is 98.5 Å². The lowest BCUT2D eigenvalue weighted by atomic mass is 9.99. The molecule has 4 unspecified atom stereocenters. The van der Waals surface area contributed by atoms with Crippen LogP contribution in [0, 0.1) is 25.2 Å². The molecule has 0 aliphatic carbocycles. The van der Waals surface area contributed by atoms with E-state index in [-0.39, 0.29) is 48.3 Å². The summed E-state index contributed by atoms with van der Waals surface area (Å²) in [6.07, 6.45) is 3.51.